The Kier molecular flexibility index (Phi) is 3.20. The van der Waals surface area contributed by atoms with E-state index in [2.05, 4.69) is 10.3 Å². The van der Waals surface area contributed by atoms with Gasteiger partial charge in [-0.15, -0.1) is 0 Å². The van der Waals surface area contributed by atoms with Crippen LogP contribution in [0.25, 0.3) is 5.52 Å². The number of nitrogens with one attached hydrogen (secondary N) is 1. The summed E-state index contributed by atoms with van der Waals surface area (Å²) in [5.74, 6) is 0.236. The molecule has 1 unspecified atom stereocenters. The first-order valence-corrected chi connectivity index (χ1v) is 5.62. The molecule has 2 aromatic heterocycles. The molecule has 0 amide bonds. The SMILES string of the molecule is CNC(C)c1nc(C(=O)OC)c2c(N)cccn12. The zero-order chi connectivity index (χ0) is 13.3. The fourth-order valence-electron chi connectivity index (χ4n) is 1.86. The number of rotatable bonds is 3. The largest absolute Gasteiger partial charge is 0.464 e. The number of imidazole rings is 1. The van der Waals surface area contributed by atoms with Crippen LogP contribution < -0.4 is 11.1 Å². The van der Waals surface area contributed by atoms with Crippen molar-refractivity contribution >= 4 is 17.2 Å². The van der Waals surface area contributed by atoms with Crippen molar-refractivity contribution in [3.05, 3.63) is 29.8 Å². The van der Waals surface area contributed by atoms with Crippen LogP contribution in [0.3, 0.4) is 0 Å². The first kappa shape index (κ1) is 12.4. The van der Waals surface area contributed by atoms with Gasteiger partial charge in [-0.3, -0.25) is 4.40 Å². The van der Waals surface area contributed by atoms with Crippen molar-refractivity contribution in [2.75, 3.05) is 19.9 Å². The number of nitrogens with two attached hydrogens (primary N) is 1. The lowest BCUT2D eigenvalue weighted by molar-refractivity contribution is 0.0597. The maximum Gasteiger partial charge on any atom is 0.359 e. The Morgan fingerprint density at radius 3 is 2.94 bits per heavy atom. The Morgan fingerprint density at radius 1 is 1.61 bits per heavy atom. The van der Waals surface area contributed by atoms with Crippen molar-refractivity contribution in [1.29, 1.82) is 0 Å². The number of hydrogen-bond acceptors (Lipinski definition) is 5. The van der Waals surface area contributed by atoms with Crippen LogP contribution in [0, 0.1) is 0 Å². The lowest BCUT2D eigenvalue weighted by atomic mass is 10.3. The van der Waals surface area contributed by atoms with E-state index >= 15 is 0 Å². The molecule has 18 heavy (non-hydrogen) atoms. The number of esters is 1. The molecule has 0 bridgehead atoms. The Bertz CT molecular complexity index is 591. The molecule has 0 spiro atoms. The summed E-state index contributed by atoms with van der Waals surface area (Å²) in [5, 5.41) is 3.09. The van der Waals surface area contributed by atoms with Gasteiger partial charge in [0, 0.05) is 6.20 Å². The van der Waals surface area contributed by atoms with Crippen molar-refractivity contribution in [1.82, 2.24) is 14.7 Å². The molecule has 2 rings (SSSR count). The average molecular weight is 248 g/mol. The number of nitrogen functional groups attached to an aromatic ring is 1. The Balaban J connectivity index is 2.75. The van der Waals surface area contributed by atoms with Gasteiger partial charge in [0.15, 0.2) is 5.69 Å². The third-order valence-corrected chi connectivity index (χ3v) is 2.92. The summed E-state index contributed by atoms with van der Waals surface area (Å²) < 4.78 is 6.54. The molecule has 2 aromatic rings. The summed E-state index contributed by atoms with van der Waals surface area (Å²) in [4.78, 5) is 16.1. The zero-order valence-corrected chi connectivity index (χ0v) is 10.6. The molecule has 6 heteroatoms. The monoisotopic (exact) mass is 248 g/mol. The van der Waals surface area contributed by atoms with E-state index in [-0.39, 0.29) is 11.7 Å². The minimum Gasteiger partial charge on any atom is -0.464 e. The fraction of sp³-hybridized carbons (Fsp3) is 0.333. The van der Waals surface area contributed by atoms with Crippen LogP contribution >= 0.6 is 0 Å². The summed E-state index contributed by atoms with van der Waals surface area (Å²) >= 11 is 0. The highest BCUT2D eigenvalue weighted by Gasteiger charge is 2.21. The van der Waals surface area contributed by atoms with Gasteiger partial charge in [-0.05, 0) is 26.1 Å². The van der Waals surface area contributed by atoms with E-state index in [0.717, 1.165) is 5.82 Å². The number of aromatic nitrogens is 2. The van der Waals surface area contributed by atoms with Crippen LogP contribution in [-0.4, -0.2) is 29.5 Å². The molecule has 3 N–H and O–H groups in total. The lowest BCUT2D eigenvalue weighted by Gasteiger charge is -2.08. The van der Waals surface area contributed by atoms with E-state index in [0.29, 0.717) is 11.2 Å². The number of anilines is 1. The molecule has 6 nitrogen and oxygen atoms in total. The van der Waals surface area contributed by atoms with E-state index in [4.69, 9.17) is 10.5 Å². The van der Waals surface area contributed by atoms with Crippen LogP contribution in [0.15, 0.2) is 18.3 Å². The predicted octanol–water partition coefficient (Wildman–Crippen LogP) is 0.983. The first-order chi connectivity index (χ1) is 8.60. The standard InChI is InChI=1S/C12H16N4O2/c1-7(14-2)11-15-9(12(17)18-3)10-8(13)5-4-6-16(10)11/h4-7,14H,13H2,1-3H3. The van der Waals surface area contributed by atoms with E-state index in [9.17, 15) is 4.79 Å². The number of ether oxygens (including phenoxy) is 1. The highest BCUT2D eigenvalue weighted by molar-refractivity contribution is 5.98. The van der Waals surface area contributed by atoms with Gasteiger partial charge in [-0.1, -0.05) is 0 Å². The van der Waals surface area contributed by atoms with Crippen molar-refractivity contribution in [2.45, 2.75) is 13.0 Å². The topological polar surface area (TPSA) is 81.6 Å². The van der Waals surface area contributed by atoms with Gasteiger partial charge < -0.3 is 15.8 Å². The highest BCUT2D eigenvalue weighted by atomic mass is 16.5. The second-order valence-electron chi connectivity index (χ2n) is 4.00. The van der Waals surface area contributed by atoms with Crippen LogP contribution in [0.5, 0.6) is 0 Å². The smallest absolute Gasteiger partial charge is 0.359 e. The van der Waals surface area contributed by atoms with Crippen molar-refractivity contribution < 1.29 is 9.53 Å². The first-order valence-electron chi connectivity index (χ1n) is 5.62. The lowest BCUT2D eigenvalue weighted by Crippen LogP contribution is -2.15. The third kappa shape index (κ3) is 1.80. The second-order valence-corrected chi connectivity index (χ2v) is 4.00. The Morgan fingerprint density at radius 2 is 2.33 bits per heavy atom. The van der Waals surface area contributed by atoms with Crippen LogP contribution in [-0.2, 0) is 4.74 Å². The van der Waals surface area contributed by atoms with Gasteiger partial charge in [-0.2, -0.15) is 0 Å². The molecule has 0 radical (unpaired) electrons. The maximum atomic E-state index is 11.7. The normalized spacial score (nSPS) is 12.6. The molecule has 0 saturated heterocycles. The fourth-order valence-corrected chi connectivity index (χ4v) is 1.86. The number of hydrogen-bond donors (Lipinski definition) is 2. The molecule has 0 aliphatic carbocycles. The highest BCUT2D eigenvalue weighted by Crippen LogP contribution is 2.23. The summed E-state index contributed by atoms with van der Waals surface area (Å²) in [7, 11) is 3.16. The predicted molar refractivity (Wildman–Crippen MR) is 68.4 cm³/mol. The summed E-state index contributed by atoms with van der Waals surface area (Å²) in [6.07, 6.45) is 1.83. The van der Waals surface area contributed by atoms with Gasteiger partial charge in [0.25, 0.3) is 0 Å². The van der Waals surface area contributed by atoms with Crippen LogP contribution in [0.2, 0.25) is 0 Å². The minimum atomic E-state index is -0.486. The molecular weight excluding hydrogens is 232 g/mol. The Labute approximate surface area is 105 Å². The van der Waals surface area contributed by atoms with Crippen LogP contribution in [0.4, 0.5) is 5.69 Å². The van der Waals surface area contributed by atoms with Gasteiger partial charge in [0.1, 0.15) is 11.3 Å². The average Bonchev–Trinajstić information content (AvgIpc) is 2.78. The van der Waals surface area contributed by atoms with E-state index in [1.54, 1.807) is 6.07 Å². The van der Waals surface area contributed by atoms with Gasteiger partial charge in [0.05, 0.1) is 18.8 Å². The van der Waals surface area contributed by atoms with E-state index in [1.165, 1.54) is 7.11 Å². The maximum absolute atomic E-state index is 11.7. The molecule has 0 aromatic carbocycles. The number of carbonyl (C=O) groups excluding carboxylic acids is 1. The summed E-state index contributed by atoms with van der Waals surface area (Å²) in [6.45, 7) is 1.96. The molecule has 96 valence electrons. The number of methoxy groups -OCH3 is 1. The van der Waals surface area contributed by atoms with Gasteiger partial charge >= 0.3 is 5.97 Å². The molecule has 0 saturated carbocycles. The zero-order valence-electron chi connectivity index (χ0n) is 10.6. The number of fused-ring (bicyclic) bond motifs is 1. The van der Waals surface area contributed by atoms with Crippen molar-refractivity contribution in [2.24, 2.45) is 0 Å². The number of carbonyl (C=O) groups is 1. The second kappa shape index (κ2) is 4.66. The van der Waals surface area contributed by atoms with E-state index < -0.39 is 5.97 Å². The quantitative estimate of drug-likeness (QED) is 0.791. The van der Waals surface area contributed by atoms with Gasteiger partial charge in [0.2, 0.25) is 0 Å². The third-order valence-electron chi connectivity index (χ3n) is 2.92. The van der Waals surface area contributed by atoms with Gasteiger partial charge in [-0.25, -0.2) is 9.78 Å². The minimum absolute atomic E-state index is 0.00212. The molecule has 0 aliphatic rings. The molecule has 1 atom stereocenters. The summed E-state index contributed by atoms with van der Waals surface area (Å²) in [5.41, 5.74) is 7.24. The molecular formula is C12H16N4O2. The molecule has 0 fully saturated rings. The Hall–Kier alpha value is -2.08. The summed E-state index contributed by atoms with van der Waals surface area (Å²) in [6, 6.07) is 3.55. The van der Waals surface area contributed by atoms with Crippen LogP contribution in [0.1, 0.15) is 29.3 Å². The molecule has 2 heterocycles. The molecule has 0 aliphatic heterocycles. The van der Waals surface area contributed by atoms with E-state index in [1.807, 2.05) is 30.6 Å². The van der Waals surface area contributed by atoms with Crippen molar-refractivity contribution in [3.63, 3.8) is 0 Å². The number of pyridine rings is 1. The van der Waals surface area contributed by atoms with Crippen molar-refractivity contribution in [3.8, 4) is 0 Å². The number of nitrogens with zero attached hydrogens (tertiary/aromatic N) is 2.